The van der Waals surface area contributed by atoms with Crippen LogP contribution in [0, 0.1) is 17.8 Å². The molecule has 0 spiro atoms. The maximum Gasteiger partial charge on any atom is 0.223 e. The van der Waals surface area contributed by atoms with E-state index in [1.54, 1.807) is 0 Å². The first-order valence-corrected chi connectivity index (χ1v) is 9.27. The van der Waals surface area contributed by atoms with Crippen LogP contribution in [0.5, 0.6) is 0 Å². The molecule has 0 saturated carbocycles. The molecular weight excluding hydrogens is 274 g/mol. The second-order valence-electron chi connectivity index (χ2n) is 7.78. The summed E-state index contributed by atoms with van der Waals surface area (Å²) in [6.07, 6.45) is 4.67. The largest absolute Gasteiger partial charge is 0.355 e. The summed E-state index contributed by atoms with van der Waals surface area (Å²) in [4.78, 5) is 17.3. The third-order valence-electron chi connectivity index (χ3n) is 5.19. The minimum Gasteiger partial charge on any atom is -0.355 e. The predicted octanol–water partition coefficient (Wildman–Crippen LogP) is 2.20. The van der Waals surface area contributed by atoms with Crippen molar-refractivity contribution in [1.82, 2.24) is 15.1 Å². The van der Waals surface area contributed by atoms with Crippen molar-refractivity contribution < 1.29 is 4.79 Å². The van der Waals surface area contributed by atoms with Crippen LogP contribution in [0.1, 0.15) is 46.5 Å². The second-order valence-corrected chi connectivity index (χ2v) is 7.78. The van der Waals surface area contributed by atoms with E-state index in [9.17, 15) is 4.79 Å². The van der Waals surface area contributed by atoms with E-state index in [0.717, 1.165) is 50.9 Å². The third-order valence-corrected chi connectivity index (χ3v) is 5.19. The molecule has 0 aromatic heterocycles. The first kappa shape index (κ1) is 17.7. The Morgan fingerprint density at radius 3 is 2.23 bits per heavy atom. The minimum absolute atomic E-state index is 0.241. The highest BCUT2D eigenvalue weighted by Gasteiger charge is 2.25. The Bertz CT molecular complexity index is 329. The summed E-state index contributed by atoms with van der Waals surface area (Å²) in [5, 5.41) is 3.17. The Balaban J connectivity index is 1.58. The summed E-state index contributed by atoms with van der Waals surface area (Å²) in [6.45, 7) is 14.4. The standard InChI is InChI=1S/C18H35N3O/c1-15(2)14-21-11-6-17(7-12-21)18(22)19-8-13-20-9-4-16(3)5-10-20/h15-17H,4-14H2,1-3H3,(H,19,22). The van der Waals surface area contributed by atoms with Gasteiger partial charge in [0.15, 0.2) is 0 Å². The number of rotatable bonds is 6. The Kier molecular flexibility index (Phi) is 7.16. The maximum atomic E-state index is 12.3. The molecule has 128 valence electrons. The fraction of sp³-hybridized carbons (Fsp3) is 0.944. The number of nitrogens with one attached hydrogen (secondary N) is 1. The lowest BCUT2D eigenvalue weighted by molar-refractivity contribution is -0.126. The molecule has 0 unspecified atom stereocenters. The van der Waals surface area contributed by atoms with Crippen molar-refractivity contribution in [3.63, 3.8) is 0 Å². The molecule has 2 heterocycles. The van der Waals surface area contributed by atoms with Gasteiger partial charge in [0.1, 0.15) is 0 Å². The molecular formula is C18H35N3O. The van der Waals surface area contributed by atoms with Crippen LogP contribution in [0.4, 0.5) is 0 Å². The van der Waals surface area contributed by atoms with Gasteiger partial charge in [-0.15, -0.1) is 0 Å². The molecule has 2 saturated heterocycles. The second kappa shape index (κ2) is 8.88. The van der Waals surface area contributed by atoms with E-state index in [2.05, 4.69) is 35.9 Å². The van der Waals surface area contributed by atoms with Crippen molar-refractivity contribution in [3.8, 4) is 0 Å². The SMILES string of the molecule is CC(C)CN1CCC(C(=O)NCCN2CCC(C)CC2)CC1. The van der Waals surface area contributed by atoms with Crippen LogP contribution in [0.25, 0.3) is 0 Å². The van der Waals surface area contributed by atoms with E-state index in [0.29, 0.717) is 0 Å². The van der Waals surface area contributed by atoms with Crippen LogP contribution in [-0.2, 0) is 4.79 Å². The maximum absolute atomic E-state index is 12.3. The molecule has 1 N–H and O–H groups in total. The first-order chi connectivity index (χ1) is 10.5. The van der Waals surface area contributed by atoms with E-state index in [4.69, 9.17) is 0 Å². The summed E-state index contributed by atoms with van der Waals surface area (Å²) in [5.41, 5.74) is 0. The van der Waals surface area contributed by atoms with E-state index in [1.165, 1.54) is 32.5 Å². The number of likely N-dealkylation sites (tertiary alicyclic amines) is 2. The third kappa shape index (κ3) is 5.88. The van der Waals surface area contributed by atoms with Crippen LogP contribution in [0.15, 0.2) is 0 Å². The fourth-order valence-electron chi connectivity index (χ4n) is 3.66. The normalized spacial score (nSPS) is 23.1. The quantitative estimate of drug-likeness (QED) is 0.817. The topological polar surface area (TPSA) is 35.6 Å². The average molecular weight is 309 g/mol. The summed E-state index contributed by atoms with van der Waals surface area (Å²) < 4.78 is 0. The molecule has 22 heavy (non-hydrogen) atoms. The number of hydrogen-bond donors (Lipinski definition) is 1. The van der Waals surface area contributed by atoms with Crippen molar-refractivity contribution in [2.75, 3.05) is 45.8 Å². The van der Waals surface area contributed by atoms with Gasteiger partial charge < -0.3 is 15.1 Å². The van der Waals surface area contributed by atoms with Crippen molar-refractivity contribution in [2.45, 2.75) is 46.5 Å². The van der Waals surface area contributed by atoms with Crippen LogP contribution >= 0.6 is 0 Å². The molecule has 2 aliphatic rings. The van der Waals surface area contributed by atoms with Gasteiger partial charge in [0.05, 0.1) is 0 Å². The molecule has 0 atom stereocenters. The number of hydrogen-bond acceptors (Lipinski definition) is 3. The number of carbonyl (C=O) groups is 1. The Morgan fingerprint density at radius 2 is 1.64 bits per heavy atom. The van der Waals surface area contributed by atoms with Crippen LogP contribution in [0.2, 0.25) is 0 Å². The van der Waals surface area contributed by atoms with Crippen LogP contribution in [-0.4, -0.2) is 61.5 Å². The molecule has 1 amide bonds. The van der Waals surface area contributed by atoms with E-state index in [1.807, 2.05) is 0 Å². The van der Waals surface area contributed by atoms with E-state index < -0.39 is 0 Å². The van der Waals surface area contributed by atoms with Gasteiger partial charge in [-0.05, 0) is 63.7 Å². The minimum atomic E-state index is 0.241. The highest BCUT2D eigenvalue weighted by atomic mass is 16.1. The molecule has 0 aromatic carbocycles. The molecule has 0 aromatic rings. The van der Waals surface area contributed by atoms with Gasteiger partial charge in [0.2, 0.25) is 5.91 Å². The Labute approximate surface area is 136 Å². The summed E-state index contributed by atoms with van der Waals surface area (Å²) in [6, 6.07) is 0. The van der Waals surface area contributed by atoms with Gasteiger partial charge in [0, 0.05) is 25.6 Å². The van der Waals surface area contributed by atoms with Crippen LogP contribution < -0.4 is 5.32 Å². The van der Waals surface area contributed by atoms with E-state index in [-0.39, 0.29) is 11.8 Å². The van der Waals surface area contributed by atoms with Gasteiger partial charge in [-0.3, -0.25) is 4.79 Å². The van der Waals surface area contributed by atoms with Gasteiger partial charge in [-0.25, -0.2) is 0 Å². The predicted molar refractivity (Wildman–Crippen MR) is 91.8 cm³/mol. The first-order valence-electron chi connectivity index (χ1n) is 9.27. The van der Waals surface area contributed by atoms with Gasteiger partial charge in [0.25, 0.3) is 0 Å². The summed E-state index contributed by atoms with van der Waals surface area (Å²) in [5.74, 6) is 2.12. The van der Waals surface area contributed by atoms with Gasteiger partial charge in [-0.2, -0.15) is 0 Å². The molecule has 0 aliphatic carbocycles. The zero-order valence-electron chi connectivity index (χ0n) is 14.8. The van der Waals surface area contributed by atoms with Gasteiger partial charge in [-0.1, -0.05) is 20.8 Å². The molecule has 0 bridgehead atoms. The molecule has 2 fully saturated rings. The zero-order valence-corrected chi connectivity index (χ0v) is 14.8. The molecule has 0 radical (unpaired) electrons. The Morgan fingerprint density at radius 1 is 1.05 bits per heavy atom. The van der Waals surface area contributed by atoms with Crippen molar-refractivity contribution in [1.29, 1.82) is 0 Å². The lowest BCUT2D eigenvalue weighted by Gasteiger charge is -2.33. The molecule has 4 nitrogen and oxygen atoms in total. The van der Waals surface area contributed by atoms with Crippen molar-refractivity contribution in [3.05, 3.63) is 0 Å². The molecule has 2 aliphatic heterocycles. The number of carbonyl (C=O) groups excluding carboxylic acids is 1. The average Bonchev–Trinajstić information content (AvgIpc) is 2.49. The zero-order chi connectivity index (χ0) is 15.9. The van der Waals surface area contributed by atoms with Crippen LogP contribution in [0.3, 0.4) is 0 Å². The van der Waals surface area contributed by atoms with Crippen molar-refractivity contribution >= 4 is 5.91 Å². The molecule has 2 rings (SSSR count). The monoisotopic (exact) mass is 309 g/mol. The van der Waals surface area contributed by atoms with E-state index >= 15 is 0 Å². The number of nitrogens with zero attached hydrogens (tertiary/aromatic N) is 2. The highest BCUT2D eigenvalue weighted by molar-refractivity contribution is 5.78. The number of piperidine rings is 2. The lowest BCUT2D eigenvalue weighted by Crippen LogP contribution is -2.44. The molecule has 4 heteroatoms. The fourth-order valence-corrected chi connectivity index (χ4v) is 3.66. The highest BCUT2D eigenvalue weighted by Crippen LogP contribution is 2.18. The number of amides is 1. The summed E-state index contributed by atoms with van der Waals surface area (Å²) in [7, 11) is 0. The summed E-state index contributed by atoms with van der Waals surface area (Å²) >= 11 is 0. The lowest BCUT2D eigenvalue weighted by atomic mass is 9.95. The Hall–Kier alpha value is -0.610. The smallest absolute Gasteiger partial charge is 0.223 e. The van der Waals surface area contributed by atoms with Gasteiger partial charge >= 0.3 is 0 Å². The van der Waals surface area contributed by atoms with Crippen molar-refractivity contribution in [2.24, 2.45) is 17.8 Å².